The van der Waals surface area contributed by atoms with Gasteiger partial charge in [-0.25, -0.2) is 0 Å². The fraction of sp³-hybridized carbons (Fsp3) is 0.750. The highest BCUT2D eigenvalue weighted by molar-refractivity contribution is 5.69. The van der Waals surface area contributed by atoms with Crippen LogP contribution in [0.15, 0.2) is 24.0 Å². The standard InChI is InChI=1S/C20H32O5/c1-2-3-4-5-6-7-10-15-16-12-14(25-19(16)13-18(15)22)9-8-11-17(21)20(23)24/h7,9-10,15-19,21-22H,2-6,8,11-13H2,1H3,(H,23,24)/p-1. The smallest absolute Gasteiger partial charge is 0.105 e. The summed E-state index contributed by atoms with van der Waals surface area (Å²) in [7, 11) is 0. The summed E-state index contributed by atoms with van der Waals surface area (Å²) in [5.74, 6) is -0.154. The Hall–Kier alpha value is -1.33. The number of carbonyl (C=O) groups excluding carboxylic acids is 1. The van der Waals surface area contributed by atoms with E-state index in [0.717, 1.165) is 18.6 Å². The molecule has 25 heavy (non-hydrogen) atoms. The van der Waals surface area contributed by atoms with E-state index in [9.17, 15) is 20.1 Å². The molecule has 2 N–H and O–H groups in total. The second kappa shape index (κ2) is 9.97. The summed E-state index contributed by atoms with van der Waals surface area (Å²) >= 11 is 0. The van der Waals surface area contributed by atoms with Gasteiger partial charge in [-0.2, -0.15) is 0 Å². The molecule has 5 nitrogen and oxygen atoms in total. The number of aliphatic carboxylic acids is 1. The summed E-state index contributed by atoms with van der Waals surface area (Å²) in [6.07, 6.45) is 12.5. The molecule has 1 aliphatic heterocycles. The first-order chi connectivity index (χ1) is 12.0. The third kappa shape index (κ3) is 5.86. The van der Waals surface area contributed by atoms with Crippen molar-refractivity contribution in [2.24, 2.45) is 11.8 Å². The quantitative estimate of drug-likeness (QED) is 0.464. The third-order valence-corrected chi connectivity index (χ3v) is 5.30. The van der Waals surface area contributed by atoms with Crippen LogP contribution in [0.5, 0.6) is 0 Å². The van der Waals surface area contributed by atoms with Gasteiger partial charge < -0.3 is 24.9 Å². The first-order valence-electron chi connectivity index (χ1n) is 9.62. The largest absolute Gasteiger partial charge is 0.547 e. The Morgan fingerprint density at radius 2 is 2.16 bits per heavy atom. The molecule has 5 unspecified atom stereocenters. The van der Waals surface area contributed by atoms with Crippen molar-refractivity contribution in [2.45, 2.75) is 83.0 Å². The molecule has 0 aromatic heterocycles. The molecule has 2 rings (SSSR count). The molecule has 0 spiro atoms. The highest BCUT2D eigenvalue weighted by atomic mass is 16.5. The summed E-state index contributed by atoms with van der Waals surface area (Å²) in [5.41, 5.74) is 0. The van der Waals surface area contributed by atoms with Crippen LogP contribution < -0.4 is 5.11 Å². The van der Waals surface area contributed by atoms with Gasteiger partial charge >= 0.3 is 0 Å². The van der Waals surface area contributed by atoms with Crippen LogP contribution in [-0.4, -0.2) is 34.5 Å². The average molecular weight is 351 g/mol. The van der Waals surface area contributed by atoms with Crippen molar-refractivity contribution in [3.63, 3.8) is 0 Å². The number of carboxylic acid groups (broad SMARTS) is 1. The molecule has 2 fully saturated rings. The van der Waals surface area contributed by atoms with Crippen LogP contribution in [0.4, 0.5) is 0 Å². The lowest BCUT2D eigenvalue weighted by Gasteiger charge is -2.15. The number of ether oxygens (including phenoxy) is 1. The summed E-state index contributed by atoms with van der Waals surface area (Å²) in [5, 5.41) is 30.0. The van der Waals surface area contributed by atoms with E-state index in [4.69, 9.17) is 4.74 Å². The van der Waals surface area contributed by atoms with Crippen molar-refractivity contribution in [1.82, 2.24) is 0 Å². The highest BCUT2D eigenvalue weighted by Gasteiger charge is 2.46. The molecular formula is C20H31O5-. The molecule has 0 amide bonds. The maximum atomic E-state index is 10.5. The number of hydrogen-bond donors (Lipinski definition) is 2. The SMILES string of the molecule is CCCCCCC=CC1C(O)CC2OC(=CCCC(O)C(=O)[O-])CC21. The highest BCUT2D eigenvalue weighted by Crippen LogP contribution is 2.45. The minimum absolute atomic E-state index is 0.0436. The van der Waals surface area contributed by atoms with Gasteiger partial charge in [0.1, 0.15) is 6.10 Å². The van der Waals surface area contributed by atoms with Crippen molar-refractivity contribution in [2.75, 3.05) is 0 Å². The fourth-order valence-corrected chi connectivity index (χ4v) is 3.85. The van der Waals surface area contributed by atoms with Gasteiger partial charge in [0.05, 0.1) is 23.9 Å². The predicted molar refractivity (Wildman–Crippen MR) is 93.3 cm³/mol. The Kier molecular flexibility index (Phi) is 7.97. The zero-order valence-corrected chi connectivity index (χ0v) is 15.1. The van der Waals surface area contributed by atoms with Crippen LogP contribution >= 0.6 is 0 Å². The second-order valence-electron chi connectivity index (χ2n) is 7.26. The Bertz CT molecular complexity index is 484. The van der Waals surface area contributed by atoms with Crippen LogP contribution in [0.2, 0.25) is 0 Å². The monoisotopic (exact) mass is 351 g/mol. The summed E-state index contributed by atoms with van der Waals surface area (Å²) in [6.45, 7) is 2.20. The van der Waals surface area contributed by atoms with Crippen molar-refractivity contribution in [3.8, 4) is 0 Å². The Labute approximate surface area is 150 Å². The van der Waals surface area contributed by atoms with Crippen LogP contribution in [-0.2, 0) is 9.53 Å². The van der Waals surface area contributed by atoms with E-state index in [1.807, 2.05) is 6.08 Å². The van der Waals surface area contributed by atoms with Crippen molar-refractivity contribution in [3.05, 3.63) is 24.0 Å². The number of unbranched alkanes of at least 4 members (excludes halogenated alkanes) is 4. The third-order valence-electron chi connectivity index (χ3n) is 5.30. The molecule has 1 aliphatic carbocycles. The number of hydrogen-bond acceptors (Lipinski definition) is 5. The van der Waals surface area contributed by atoms with Crippen LogP contribution in [0.1, 0.15) is 64.7 Å². The zero-order valence-electron chi connectivity index (χ0n) is 15.1. The molecule has 0 aromatic rings. The van der Waals surface area contributed by atoms with Crippen molar-refractivity contribution >= 4 is 5.97 Å². The van der Waals surface area contributed by atoms with Crippen LogP contribution in [0.25, 0.3) is 0 Å². The maximum Gasteiger partial charge on any atom is 0.105 e. The van der Waals surface area contributed by atoms with Gasteiger partial charge in [-0.1, -0.05) is 38.3 Å². The molecule has 0 bridgehead atoms. The van der Waals surface area contributed by atoms with Crippen molar-refractivity contribution in [1.29, 1.82) is 0 Å². The summed E-state index contributed by atoms with van der Waals surface area (Å²) in [4.78, 5) is 10.5. The molecular weight excluding hydrogens is 320 g/mol. The Morgan fingerprint density at radius 3 is 2.88 bits per heavy atom. The van der Waals surface area contributed by atoms with Gasteiger partial charge in [0, 0.05) is 24.7 Å². The zero-order chi connectivity index (χ0) is 18.2. The molecule has 2 aliphatic rings. The van der Waals surface area contributed by atoms with Gasteiger partial charge in [-0.3, -0.25) is 0 Å². The molecule has 0 aromatic carbocycles. The van der Waals surface area contributed by atoms with E-state index in [2.05, 4.69) is 19.1 Å². The molecule has 1 saturated heterocycles. The Morgan fingerprint density at radius 1 is 1.36 bits per heavy atom. The number of carbonyl (C=O) groups is 1. The number of aliphatic hydroxyl groups excluding tert-OH is 2. The van der Waals surface area contributed by atoms with Crippen molar-refractivity contribution < 1.29 is 24.9 Å². The number of carboxylic acids is 1. The molecule has 5 heteroatoms. The number of fused-ring (bicyclic) bond motifs is 1. The van der Waals surface area contributed by atoms with Crippen LogP contribution in [0, 0.1) is 11.8 Å². The minimum Gasteiger partial charge on any atom is -0.547 e. The topological polar surface area (TPSA) is 89.8 Å². The first-order valence-corrected chi connectivity index (χ1v) is 9.62. The Balaban J connectivity index is 1.79. The number of allylic oxidation sites excluding steroid dienone is 3. The lowest BCUT2D eigenvalue weighted by atomic mass is 9.90. The van der Waals surface area contributed by atoms with Crippen LogP contribution in [0.3, 0.4) is 0 Å². The van der Waals surface area contributed by atoms with E-state index < -0.39 is 12.1 Å². The lowest BCUT2D eigenvalue weighted by molar-refractivity contribution is -0.315. The summed E-state index contributed by atoms with van der Waals surface area (Å²) < 4.78 is 5.91. The molecule has 0 radical (unpaired) electrons. The van der Waals surface area contributed by atoms with Gasteiger partial charge in [0.15, 0.2) is 0 Å². The average Bonchev–Trinajstić information content (AvgIpc) is 3.08. The predicted octanol–water partition coefficient (Wildman–Crippen LogP) is 2.07. The normalized spacial score (nSPS) is 31.4. The van der Waals surface area contributed by atoms with E-state index >= 15 is 0 Å². The van der Waals surface area contributed by atoms with E-state index in [1.165, 1.54) is 25.7 Å². The minimum atomic E-state index is -1.44. The van der Waals surface area contributed by atoms with Gasteiger partial charge in [0.2, 0.25) is 0 Å². The van der Waals surface area contributed by atoms with Gasteiger partial charge in [-0.05, 0) is 31.8 Å². The van der Waals surface area contributed by atoms with E-state index in [1.54, 1.807) is 0 Å². The first kappa shape index (κ1) is 20.0. The molecule has 1 saturated carbocycles. The number of rotatable bonds is 10. The molecule has 1 heterocycles. The molecule has 142 valence electrons. The van der Waals surface area contributed by atoms with Gasteiger partial charge in [-0.15, -0.1) is 0 Å². The summed E-state index contributed by atoms with van der Waals surface area (Å²) in [6, 6.07) is 0. The van der Waals surface area contributed by atoms with Gasteiger partial charge in [0.25, 0.3) is 0 Å². The van der Waals surface area contributed by atoms with E-state index in [-0.39, 0.29) is 24.5 Å². The fourth-order valence-electron chi connectivity index (χ4n) is 3.85. The second-order valence-corrected chi connectivity index (χ2v) is 7.26. The maximum absolute atomic E-state index is 10.5. The number of aliphatic hydroxyl groups is 2. The van der Waals surface area contributed by atoms with E-state index in [0.29, 0.717) is 18.8 Å². The molecule has 5 atom stereocenters. The lowest BCUT2D eigenvalue weighted by Crippen LogP contribution is -2.35.